The first-order valence-corrected chi connectivity index (χ1v) is 7.18. The summed E-state index contributed by atoms with van der Waals surface area (Å²) in [6.07, 6.45) is -1.90. The second kappa shape index (κ2) is 7.30. The molecule has 1 fully saturated rings. The maximum absolute atomic E-state index is 12.1. The highest BCUT2D eigenvalue weighted by Gasteiger charge is 2.34. The van der Waals surface area contributed by atoms with Gasteiger partial charge in [0.1, 0.15) is 11.8 Å². The van der Waals surface area contributed by atoms with Gasteiger partial charge in [0.25, 0.3) is 0 Å². The van der Waals surface area contributed by atoms with Crippen LogP contribution >= 0.6 is 0 Å². The molecule has 1 aliphatic rings. The van der Waals surface area contributed by atoms with Crippen LogP contribution in [0.1, 0.15) is 5.56 Å². The normalized spacial score (nSPS) is 21.8. The number of nitrogens with one attached hydrogen (secondary N) is 1. The highest BCUT2D eigenvalue weighted by molar-refractivity contribution is 5.83. The first kappa shape index (κ1) is 17.0. The summed E-state index contributed by atoms with van der Waals surface area (Å²) in [4.78, 5) is 24.6. The second-order valence-corrected chi connectivity index (χ2v) is 5.43. The van der Waals surface area contributed by atoms with Gasteiger partial charge in [-0.25, -0.2) is 9.59 Å². The summed E-state index contributed by atoms with van der Waals surface area (Å²) < 4.78 is 5.03. The van der Waals surface area contributed by atoms with Gasteiger partial charge in [-0.1, -0.05) is 12.1 Å². The van der Waals surface area contributed by atoms with E-state index < -0.39 is 30.3 Å². The number of carbonyl (C=O) groups is 2. The smallest absolute Gasteiger partial charge is 0.326 e. The highest BCUT2D eigenvalue weighted by atomic mass is 16.5. The van der Waals surface area contributed by atoms with Crippen molar-refractivity contribution in [2.75, 3.05) is 20.2 Å². The van der Waals surface area contributed by atoms with Gasteiger partial charge < -0.3 is 30.3 Å². The number of ether oxygens (including phenoxy) is 1. The monoisotopic (exact) mass is 324 g/mol. The van der Waals surface area contributed by atoms with Crippen molar-refractivity contribution in [2.24, 2.45) is 0 Å². The summed E-state index contributed by atoms with van der Waals surface area (Å²) in [5.41, 5.74) is 0.736. The van der Waals surface area contributed by atoms with Crippen molar-refractivity contribution in [2.45, 2.75) is 24.7 Å². The number of urea groups is 1. The van der Waals surface area contributed by atoms with E-state index in [0.29, 0.717) is 5.75 Å². The summed E-state index contributed by atoms with van der Waals surface area (Å²) >= 11 is 0. The number of carbonyl (C=O) groups excluding carboxylic acids is 1. The van der Waals surface area contributed by atoms with Gasteiger partial charge in [-0.15, -0.1) is 0 Å². The largest absolute Gasteiger partial charge is 0.497 e. The number of carboxylic acid groups (broad SMARTS) is 1. The van der Waals surface area contributed by atoms with Crippen LogP contribution in [0.4, 0.5) is 4.79 Å². The van der Waals surface area contributed by atoms with Crippen molar-refractivity contribution >= 4 is 12.0 Å². The molecule has 1 saturated heterocycles. The molecule has 8 nitrogen and oxygen atoms in total. The third-order valence-electron chi connectivity index (χ3n) is 3.74. The molecule has 0 saturated carbocycles. The first-order valence-electron chi connectivity index (χ1n) is 7.18. The van der Waals surface area contributed by atoms with Gasteiger partial charge in [0.15, 0.2) is 0 Å². The number of hydrogen-bond donors (Lipinski definition) is 4. The molecule has 1 aromatic carbocycles. The molecule has 4 N–H and O–H groups in total. The number of aliphatic hydroxyl groups is 2. The quantitative estimate of drug-likeness (QED) is 0.576. The van der Waals surface area contributed by atoms with E-state index in [1.807, 2.05) is 0 Å². The molecule has 2 amide bonds. The number of amides is 2. The molecule has 8 heteroatoms. The van der Waals surface area contributed by atoms with Crippen molar-refractivity contribution in [3.63, 3.8) is 0 Å². The molecule has 0 aliphatic carbocycles. The topological polar surface area (TPSA) is 119 Å². The van der Waals surface area contributed by atoms with E-state index in [-0.39, 0.29) is 19.5 Å². The number of methoxy groups -OCH3 is 1. The lowest BCUT2D eigenvalue weighted by atomic mass is 10.1. The maximum atomic E-state index is 12.1. The zero-order chi connectivity index (χ0) is 17.0. The number of aliphatic carboxylic acids is 1. The average Bonchev–Trinajstić information content (AvgIpc) is 2.86. The number of aliphatic hydroxyl groups excluding tert-OH is 2. The van der Waals surface area contributed by atoms with E-state index in [4.69, 9.17) is 4.74 Å². The number of benzene rings is 1. The molecule has 0 bridgehead atoms. The Hall–Kier alpha value is -2.32. The average molecular weight is 324 g/mol. The fourth-order valence-electron chi connectivity index (χ4n) is 2.37. The molecule has 0 aromatic heterocycles. The van der Waals surface area contributed by atoms with Crippen LogP contribution in [-0.4, -0.2) is 70.7 Å². The van der Waals surface area contributed by atoms with E-state index in [2.05, 4.69) is 5.32 Å². The third kappa shape index (κ3) is 4.33. The summed E-state index contributed by atoms with van der Waals surface area (Å²) in [6.45, 7) is -0.0518. The van der Waals surface area contributed by atoms with Crippen LogP contribution in [0.2, 0.25) is 0 Å². The Bertz CT molecular complexity index is 552. The lowest BCUT2D eigenvalue weighted by Crippen LogP contribution is -2.48. The minimum Gasteiger partial charge on any atom is -0.497 e. The van der Waals surface area contributed by atoms with Crippen LogP contribution in [-0.2, 0) is 11.2 Å². The zero-order valence-electron chi connectivity index (χ0n) is 12.7. The van der Waals surface area contributed by atoms with Crippen LogP contribution in [0, 0.1) is 0 Å². The van der Waals surface area contributed by atoms with Crippen LogP contribution in [0.3, 0.4) is 0 Å². The van der Waals surface area contributed by atoms with Crippen molar-refractivity contribution in [3.05, 3.63) is 29.8 Å². The van der Waals surface area contributed by atoms with Crippen LogP contribution in [0.5, 0.6) is 5.75 Å². The van der Waals surface area contributed by atoms with E-state index >= 15 is 0 Å². The first-order chi connectivity index (χ1) is 10.9. The number of hydrogen-bond acceptors (Lipinski definition) is 5. The Morgan fingerprint density at radius 1 is 1.26 bits per heavy atom. The van der Waals surface area contributed by atoms with Gasteiger partial charge in [0.2, 0.25) is 0 Å². The minimum atomic E-state index is -1.16. The molecular formula is C15H20N2O6. The molecular weight excluding hydrogens is 304 g/mol. The molecule has 126 valence electrons. The third-order valence-corrected chi connectivity index (χ3v) is 3.74. The fourth-order valence-corrected chi connectivity index (χ4v) is 2.37. The van der Waals surface area contributed by atoms with Crippen LogP contribution in [0.15, 0.2) is 24.3 Å². The standard InChI is InChI=1S/C15H20N2O6/c1-23-10-4-2-9(3-5-10)6-11(14(20)21)16-15(22)17-7-12(18)13(19)8-17/h2-5,11-13,18-19H,6-8H2,1H3,(H,16,22)(H,20,21)/t11-,12-,13+/m0/s1. The lowest BCUT2D eigenvalue weighted by molar-refractivity contribution is -0.139. The zero-order valence-corrected chi connectivity index (χ0v) is 12.7. The summed E-state index contributed by atoms with van der Waals surface area (Å²) in [5, 5.41) is 30.6. The van der Waals surface area contributed by atoms with E-state index in [0.717, 1.165) is 5.56 Å². The Labute approximate surface area is 133 Å². The molecule has 0 radical (unpaired) electrons. The second-order valence-electron chi connectivity index (χ2n) is 5.43. The van der Waals surface area contributed by atoms with E-state index in [1.54, 1.807) is 24.3 Å². The summed E-state index contributed by atoms with van der Waals surface area (Å²) in [7, 11) is 1.54. The number of β-amino-alcohol motifs (C(OH)–C–C–N with tert-alkyl or cyclic N) is 2. The summed E-state index contributed by atoms with van der Waals surface area (Å²) in [5.74, 6) is -0.501. The molecule has 3 atom stereocenters. The predicted molar refractivity (Wildman–Crippen MR) is 80.2 cm³/mol. The number of rotatable bonds is 5. The Kier molecular flexibility index (Phi) is 5.41. The van der Waals surface area contributed by atoms with Gasteiger partial charge in [0, 0.05) is 6.42 Å². The van der Waals surface area contributed by atoms with Gasteiger partial charge >= 0.3 is 12.0 Å². The Balaban J connectivity index is 1.98. The number of carboxylic acids is 1. The SMILES string of the molecule is COc1ccc(C[C@H](NC(=O)N2C[C@@H](O)[C@@H](O)C2)C(=O)O)cc1. The van der Waals surface area contributed by atoms with Gasteiger partial charge in [-0.3, -0.25) is 0 Å². The van der Waals surface area contributed by atoms with E-state index in [9.17, 15) is 24.9 Å². The Morgan fingerprint density at radius 3 is 2.30 bits per heavy atom. The van der Waals surface area contributed by atoms with Gasteiger partial charge in [0.05, 0.1) is 32.4 Å². The van der Waals surface area contributed by atoms with Crippen molar-refractivity contribution in [1.29, 1.82) is 0 Å². The molecule has 0 unspecified atom stereocenters. The number of likely N-dealkylation sites (tertiary alicyclic amines) is 1. The van der Waals surface area contributed by atoms with Crippen molar-refractivity contribution in [1.82, 2.24) is 10.2 Å². The number of nitrogens with zero attached hydrogens (tertiary/aromatic N) is 1. The Morgan fingerprint density at radius 2 is 1.83 bits per heavy atom. The van der Waals surface area contributed by atoms with Crippen molar-refractivity contribution < 1.29 is 29.6 Å². The molecule has 1 aliphatic heterocycles. The van der Waals surface area contributed by atoms with Crippen molar-refractivity contribution in [3.8, 4) is 5.75 Å². The van der Waals surface area contributed by atoms with Crippen LogP contribution < -0.4 is 10.1 Å². The maximum Gasteiger partial charge on any atom is 0.326 e. The van der Waals surface area contributed by atoms with Gasteiger partial charge in [-0.05, 0) is 17.7 Å². The molecule has 2 rings (SSSR count). The predicted octanol–water partition coefficient (Wildman–Crippen LogP) is -0.562. The molecule has 23 heavy (non-hydrogen) atoms. The lowest BCUT2D eigenvalue weighted by Gasteiger charge is -2.20. The highest BCUT2D eigenvalue weighted by Crippen LogP contribution is 2.14. The summed E-state index contributed by atoms with van der Waals surface area (Å²) in [6, 6.07) is 5.15. The van der Waals surface area contributed by atoms with Crippen LogP contribution in [0.25, 0.3) is 0 Å². The fraction of sp³-hybridized carbons (Fsp3) is 0.467. The van der Waals surface area contributed by atoms with E-state index in [1.165, 1.54) is 12.0 Å². The molecule has 1 aromatic rings. The van der Waals surface area contributed by atoms with Gasteiger partial charge in [-0.2, -0.15) is 0 Å². The molecule has 1 heterocycles. The molecule has 0 spiro atoms. The minimum absolute atomic E-state index is 0.0259.